The number of morpholine rings is 1. The highest BCUT2D eigenvalue weighted by Gasteiger charge is 2.35. The van der Waals surface area contributed by atoms with E-state index in [9.17, 15) is 4.79 Å². The van der Waals surface area contributed by atoms with Crippen LogP contribution < -0.4 is 14.5 Å². The zero-order valence-electron chi connectivity index (χ0n) is 29.3. The van der Waals surface area contributed by atoms with Gasteiger partial charge in [0.25, 0.3) is 0 Å². The normalized spacial score (nSPS) is 20.8. The summed E-state index contributed by atoms with van der Waals surface area (Å²) in [6.45, 7) is 16.5. The molecule has 0 radical (unpaired) electrons. The molecule has 2 aromatic carbocycles. The molecule has 3 fully saturated rings. The topological polar surface area (TPSA) is 81.9 Å². The molecular formula is C38H53ClN8O3S2. The number of benzene rings is 2. The van der Waals surface area contributed by atoms with Gasteiger partial charge < -0.3 is 33.9 Å². The molecule has 4 aliphatic heterocycles. The molecule has 1 amide bonds. The number of nitrogens with zero attached hydrogens (tertiary/aromatic N) is 8. The Balaban J connectivity index is 0.00000202. The fourth-order valence-corrected chi connectivity index (χ4v) is 7.88. The van der Waals surface area contributed by atoms with Crippen molar-refractivity contribution in [2.75, 3.05) is 95.6 Å². The lowest BCUT2D eigenvalue weighted by Gasteiger charge is -2.41. The highest BCUT2D eigenvalue weighted by Crippen LogP contribution is 2.37. The Bertz CT molecular complexity index is 1730. The second-order valence-electron chi connectivity index (χ2n) is 13.4. The van der Waals surface area contributed by atoms with Gasteiger partial charge in [0.1, 0.15) is 18.5 Å². The Morgan fingerprint density at radius 3 is 2.58 bits per heavy atom. The smallest absolute Gasteiger partial charge is 0.318 e. The second-order valence-corrected chi connectivity index (χ2v) is 13.8. The maximum Gasteiger partial charge on any atom is 0.318 e. The molecule has 4 aliphatic rings. The van der Waals surface area contributed by atoms with E-state index in [1.54, 1.807) is 6.08 Å². The third kappa shape index (κ3) is 9.27. The molecule has 0 aliphatic carbocycles. The first kappa shape index (κ1) is 41.5. The minimum Gasteiger partial charge on any atom is -0.462 e. The van der Waals surface area contributed by atoms with Gasteiger partial charge in [0.05, 0.1) is 30.5 Å². The molecule has 14 heteroatoms. The van der Waals surface area contributed by atoms with Crippen molar-refractivity contribution in [1.29, 1.82) is 0 Å². The summed E-state index contributed by atoms with van der Waals surface area (Å²) in [5.41, 5.74) is 3.15. The second kappa shape index (κ2) is 19.2. The number of carbonyl (C=O) groups excluding carboxylic acids is 1. The predicted molar refractivity (Wildman–Crippen MR) is 220 cm³/mol. The van der Waals surface area contributed by atoms with Gasteiger partial charge in [-0.05, 0) is 50.4 Å². The van der Waals surface area contributed by atoms with Crippen LogP contribution in [0.5, 0.6) is 6.01 Å². The number of fused-ring (bicyclic) bond motifs is 2. The number of amides is 1. The molecule has 3 saturated heterocycles. The minimum absolute atomic E-state index is 0. The van der Waals surface area contributed by atoms with Crippen LogP contribution in [0.2, 0.25) is 5.02 Å². The van der Waals surface area contributed by atoms with E-state index in [0.717, 1.165) is 104 Å². The number of ether oxygens (including phenoxy) is 2. The first-order valence-electron chi connectivity index (χ1n) is 17.5. The van der Waals surface area contributed by atoms with Crippen LogP contribution in [-0.4, -0.2) is 128 Å². The SMILES string of the molecule is C.S.S.[C-]#[N+]C[C@H]1CN(c2nc(OC[C@@H]3CCCN3C)nc3c2CCN(c2cccc4cccc(Cl)c24)C3)CCN1C(=O)/C=C/CN1CCOCC1. The number of carbonyl (C=O) groups is 1. The number of rotatable bonds is 9. The molecule has 52 heavy (non-hydrogen) atoms. The third-order valence-electron chi connectivity index (χ3n) is 10.4. The van der Waals surface area contributed by atoms with E-state index < -0.39 is 0 Å². The van der Waals surface area contributed by atoms with Gasteiger partial charge in [-0.15, -0.1) is 0 Å². The van der Waals surface area contributed by atoms with E-state index in [-0.39, 0.29) is 52.9 Å². The Labute approximate surface area is 327 Å². The van der Waals surface area contributed by atoms with Gasteiger partial charge >= 0.3 is 6.01 Å². The van der Waals surface area contributed by atoms with Gasteiger partial charge in [0, 0.05) is 74.6 Å². The Morgan fingerprint density at radius 1 is 1.04 bits per heavy atom. The summed E-state index contributed by atoms with van der Waals surface area (Å²) >= 11 is 6.74. The summed E-state index contributed by atoms with van der Waals surface area (Å²) in [5.74, 6) is 0.820. The Kier molecular flexibility index (Phi) is 15.3. The number of piperazine rings is 1. The fraction of sp³-hybridized carbons (Fsp3) is 0.526. The maximum absolute atomic E-state index is 13.4. The van der Waals surface area contributed by atoms with E-state index >= 15 is 0 Å². The van der Waals surface area contributed by atoms with Gasteiger partial charge in [-0.3, -0.25) is 9.69 Å². The molecule has 11 nitrogen and oxygen atoms in total. The molecule has 0 spiro atoms. The van der Waals surface area contributed by atoms with Gasteiger partial charge in [-0.1, -0.05) is 49.4 Å². The third-order valence-corrected chi connectivity index (χ3v) is 10.7. The Hall–Kier alpha value is -3.25. The van der Waals surface area contributed by atoms with Crippen LogP contribution in [0.1, 0.15) is 31.5 Å². The van der Waals surface area contributed by atoms with Crippen LogP contribution in [-0.2, 0) is 22.5 Å². The summed E-state index contributed by atoms with van der Waals surface area (Å²) in [7, 11) is 2.14. The molecule has 0 unspecified atom stereocenters. The highest BCUT2D eigenvalue weighted by molar-refractivity contribution is 7.59. The van der Waals surface area contributed by atoms with E-state index in [4.69, 9.17) is 37.6 Å². The standard InChI is InChI=1S/C37H45ClN8O3.CH4.2H2S/c1-39-23-29-24-45(17-18-46(29)34(47)12-6-15-43-19-21-48-22-20-43)36-30-13-16-44(33-11-4-8-27-7-3-10-31(38)35(27)33)25-32(30)40-37(41-36)49-26-28-9-5-14-42(28)2;;;/h3-4,6-8,10-12,28-29H,5,9,13-26H2,2H3;1H4;2*1H2/b12-6+;;;/t28-,29-;;;/m0.../s1. The van der Waals surface area contributed by atoms with E-state index in [2.05, 4.69) is 55.8 Å². The van der Waals surface area contributed by atoms with Crippen LogP contribution in [0.4, 0.5) is 11.5 Å². The number of hydrogen-bond acceptors (Lipinski definition) is 9. The van der Waals surface area contributed by atoms with Crippen molar-refractivity contribution in [3.8, 4) is 6.01 Å². The largest absolute Gasteiger partial charge is 0.462 e. The maximum atomic E-state index is 13.4. The molecule has 0 saturated carbocycles. The number of aromatic nitrogens is 2. The van der Waals surface area contributed by atoms with Crippen molar-refractivity contribution in [2.45, 2.75) is 45.3 Å². The number of likely N-dealkylation sites (N-methyl/N-ethyl adjacent to an activating group) is 1. The molecule has 1 aromatic heterocycles. The molecule has 0 N–H and O–H groups in total. The van der Waals surface area contributed by atoms with Crippen LogP contribution in [0.15, 0.2) is 48.6 Å². The fourth-order valence-electron chi connectivity index (χ4n) is 7.60. The van der Waals surface area contributed by atoms with Gasteiger partial charge in [-0.2, -0.15) is 37.0 Å². The average Bonchev–Trinajstić information content (AvgIpc) is 3.54. The Morgan fingerprint density at radius 2 is 1.83 bits per heavy atom. The first-order chi connectivity index (χ1) is 24.0. The highest BCUT2D eigenvalue weighted by atomic mass is 35.5. The molecule has 282 valence electrons. The van der Waals surface area contributed by atoms with Crippen LogP contribution in [0.3, 0.4) is 0 Å². The first-order valence-corrected chi connectivity index (χ1v) is 17.9. The number of halogens is 1. The monoisotopic (exact) mass is 768 g/mol. The summed E-state index contributed by atoms with van der Waals surface area (Å²) in [4.78, 5) is 38.3. The van der Waals surface area contributed by atoms with Crippen molar-refractivity contribution in [1.82, 2.24) is 24.7 Å². The van der Waals surface area contributed by atoms with E-state index in [1.165, 1.54) is 0 Å². The minimum atomic E-state index is -0.244. The molecule has 5 heterocycles. The van der Waals surface area contributed by atoms with Crippen molar-refractivity contribution in [3.05, 3.63) is 76.2 Å². The lowest BCUT2D eigenvalue weighted by molar-refractivity contribution is -0.128. The van der Waals surface area contributed by atoms with Crippen molar-refractivity contribution < 1.29 is 14.3 Å². The summed E-state index contributed by atoms with van der Waals surface area (Å²) < 4.78 is 11.8. The van der Waals surface area contributed by atoms with Crippen LogP contribution in [0, 0.1) is 6.57 Å². The van der Waals surface area contributed by atoms with Crippen molar-refractivity contribution in [3.63, 3.8) is 0 Å². The lowest BCUT2D eigenvalue weighted by atomic mass is 10.0. The van der Waals surface area contributed by atoms with Gasteiger partial charge in [0.2, 0.25) is 12.5 Å². The van der Waals surface area contributed by atoms with Crippen molar-refractivity contribution >= 4 is 66.8 Å². The van der Waals surface area contributed by atoms with Gasteiger partial charge in [0.15, 0.2) is 0 Å². The zero-order valence-corrected chi connectivity index (χ0v) is 32.0. The molecular weight excluding hydrogens is 716 g/mol. The number of hydrogen-bond donors (Lipinski definition) is 0. The van der Waals surface area contributed by atoms with Crippen LogP contribution in [0.25, 0.3) is 15.6 Å². The van der Waals surface area contributed by atoms with Crippen molar-refractivity contribution in [2.24, 2.45) is 0 Å². The zero-order chi connectivity index (χ0) is 33.7. The lowest BCUT2D eigenvalue weighted by Crippen LogP contribution is -2.56. The van der Waals surface area contributed by atoms with E-state index in [1.807, 2.05) is 23.1 Å². The molecule has 0 bridgehead atoms. The molecule has 7 rings (SSSR count). The quantitative estimate of drug-likeness (QED) is 0.221. The summed E-state index contributed by atoms with van der Waals surface area (Å²) in [5, 5.41) is 2.89. The summed E-state index contributed by atoms with van der Waals surface area (Å²) in [6.07, 6.45) is 6.63. The summed E-state index contributed by atoms with van der Waals surface area (Å²) in [6, 6.07) is 12.8. The van der Waals surface area contributed by atoms with Crippen LogP contribution >= 0.6 is 38.6 Å². The van der Waals surface area contributed by atoms with Gasteiger partial charge in [-0.25, -0.2) is 6.57 Å². The van der Waals surface area contributed by atoms with E-state index in [0.29, 0.717) is 44.8 Å². The molecule has 3 aromatic rings. The molecule has 2 atom stereocenters. The number of anilines is 2. The number of likely N-dealkylation sites (tertiary alicyclic amines) is 1. The average molecular weight is 769 g/mol. The predicted octanol–water partition coefficient (Wildman–Crippen LogP) is 5.01.